The molecule has 0 atom stereocenters. The molecule has 4 rings (SSSR count). The number of carbonyl (C=O) groups excluding carboxylic acids is 1. The van der Waals surface area contributed by atoms with Crippen LogP contribution in [0.25, 0.3) is 10.1 Å². The Morgan fingerprint density at radius 3 is 2.21 bits per heavy atom. The third kappa shape index (κ3) is 5.00. The zero-order valence-corrected chi connectivity index (χ0v) is 17.7. The number of nitrogens with zero attached hydrogens (tertiary/aromatic N) is 1. The standard InChI is InChI=1S/C26H25NOS/c1-19-14-24-15-22(10-13-26(24)29-19)16-25(28)23-11-8-21(9-12-23)18-27(2)17-20-6-4-3-5-7-20/h3-15H,16-18H2,1-2H3. The molecule has 0 aliphatic carbocycles. The fourth-order valence-electron chi connectivity index (χ4n) is 3.68. The van der Waals surface area contributed by atoms with Crippen LogP contribution in [0.5, 0.6) is 0 Å². The maximum Gasteiger partial charge on any atom is 0.167 e. The van der Waals surface area contributed by atoms with Crippen LogP contribution in [-0.2, 0) is 19.5 Å². The predicted octanol–water partition coefficient (Wildman–Crippen LogP) is 6.27. The van der Waals surface area contributed by atoms with Crippen molar-refractivity contribution in [3.05, 3.63) is 106 Å². The summed E-state index contributed by atoms with van der Waals surface area (Å²) in [6.07, 6.45) is 0.443. The van der Waals surface area contributed by atoms with Gasteiger partial charge in [0.15, 0.2) is 5.78 Å². The number of benzene rings is 3. The maximum atomic E-state index is 12.7. The Labute approximate surface area is 176 Å². The highest BCUT2D eigenvalue weighted by Gasteiger charge is 2.09. The normalized spacial score (nSPS) is 11.3. The van der Waals surface area contributed by atoms with Crippen molar-refractivity contribution in [3.8, 4) is 0 Å². The summed E-state index contributed by atoms with van der Waals surface area (Å²) in [6, 6.07) is 27.1. The number of thiophene rings is 1. The van der Waals surface area contributed by atoms with Crippen molar-refractivity contribution < 1.29 is 4.79 Å². The van der Waals surface area contributed by atoms with Gasteiger partial charge in [-0.25, -0.2) is 0 Å². The second-order valence-corrected chi connectivity index (χ2v) is 8.97. The lowest BCUT2D eigenvalue weighted by molar-refractivity contribution is 0.0993. The molecule has 0 amide bonds. The summed E-state index contributed by atoms with van der Waals surface area (Å²) in [5.74, 6) is 0.167. The number of rotatable bonds is 7. The molecule has 0 aliphatic rings. The predicted molar refractivity (Wildman–Crippen MR) is 123 cm³/mol. The van der Waals surface area contributed by atoms with Gasteiger partial charge in [0, 0.05) is 34.7 Å². The number of ketones is 1. The highest BCUT2D eigenvalue weighted by Crippen LogP contribution is 2.26. The van der Waals surface area contributed by atoms with Gasteiger partial charge in [0.2, 0.25) is 0 Å². The first-order valence-electron chi connectivity index (χ1n) is 9.90. The summed E-state index contributed by atoms with van der Waals surface area (Å²) in [5.41, 5.74) is 4.38. The van der Waals surface area contributed by atoms with E-state index in [1.165, 1.54) is 26.1 Å². The summed E-state index contributed by atoms with van der Waals surface area (Å²) in [6.45, 7) is 3.89. The van der Waals surface area contributed by atoms with Crippen LogP contribution in [0.3, 0.4) is 0 Å². The molecule has 0 aliphatic heterocycles. The van der Waals surface area contributed by atoms with Crippen LogP contribution < -0.4 is 0 Å². The Morgan fingerprint density at radius 1 is 0.828 bits per heavy atom. The van der Waals surface area contributed by atoms with Crippen molar-refractivity contribution in [1.82, 2.24) is 4.90 Å². The molecule has 0 fully saturated rings. The van der Waals surface area contributed by atoms with E-state index in [1.807, 2.05) is 18.2 Å². The smallest absolute Gasteiger partial charge is 0.167 e. The molecule has 4 aromatic rings. The van der Waals surface area contributed by atoms with Crippen LogP contribution in [0.2, 0.25) is 0 Å². The maximum absolute atomic E-state index is 12.7. The fraction of sp³-hybridized carbons (Fsp3) is 0.192. The van der Waals surface area contributed by atoms with Gasteiger partial charge in [-0.2, -0.15) is 0 Å². The van der Waals surface area contributed by atoms with Crippen LogP contribution in [0.15, 0.2) is 78.9 Å². The SMILES string of the molecule is Cc1cc2cc(CC(=O)c3ccc(CN(C)Cc4ccccc4)cc3)ccc2s1. The van der Waals surface area contributed by atoms with Gasteiger partial charge in [0.1, 0.15) is 0 Å². The van der Waals surface area contributed by atoms with E-state index in [4.69, 9.17) is 0 Å². The Balaban J connectivity index is 1.38. The lowest BCUT2D eigenvalue weighted by atomic mass is 10.0. The second kappa shape index (κ2) is 8.73. The Kier molecular flexibility index (Phi) is 5.89. The number of carbonyl (C=O) groups is 1. The molecule has 146 valence electrons. The van der Waals surface area contributed by atoms with Gasteiger partial charge in [-0.05, 0) is 54.2 Å². The molecule has 3 aromatic carbocycles. The molecule has 3 heteroatoms. The van der Waals surface area contributed by atoms with E-state index >= 15 is 0 Å². The van der Waals surface area contributed by atoms with Crippen molar-refractivity contribution in [2.75, 3.05) is 7.05 Å². The Bertz CT molecular complexity index is 1110. The molecule has 0 bridgehead atoms. The third-order valence-corrected chi connectivity index (χ3v) is 6.12. The average Bonchev–Trinajstić information content (AvgIpc) is 3.08. The minimum absolute atomic E-state index is 0.167. The molecule has 29 heavy (non-hydrogen) atoms. The van der Waals surface area contributed by atoms with Crippen molar-refractivity contribution in [1.29, 1.82) is 0 Å². The number of Topliss-reactive ketones (excluding diaryl/α,β-unsaturated/α-hetero) is 1. The highest BCUT2D eigenvalue weighted by atomic mass is 32.1. The molecular weight excluding hydrogens is 374 g/mol. The van der Waals surface area contributed by atoms with E-state index < -0.39 is 0 Å². The van der Waals surface area contributed by atoms with Crippen LogP contribution in [0.1, 0.15) is 31.9 Å². The first-order chi connectivity index (χ1) is 14.1. The van der Waals surface area contributed by atoms with Gasteiger partial charge in [-0.3, -0.25) is 9.69 Å². The zero-order chi connectivity index (χ0) is 20.2. The van der Waals surface area contributed by atoms with Gasteiger partial charge in [0.05, 0.1) is 0 Å². The summed E-state index contributed by atoms with van der Waals surface area (Å²) >= 11 is 1.79. The van der Waals surface area contributed by atoms with E-state index in [0.29, 0.717) is 6.42 Å². The lowest BCUT2D eigenvalue weighted by Crippen LogP contribution is -2.17. The van der Waals surface area contributed by atoms with E-state index in [1.54, 1.807) is 11.3 Å². The third-order valence-electron chi connectivity index (χ3n) is 5.09. The Morgan fingerprint density at radius 2 is 1.48 bits per heavy atom. The topological polar surface area (TPSA) is 20.3 Å². The molecule has 1 aromatic heterocycles. The zero-order valence-electron chi connectivity index (χ0n) is 16.9. The van der Waals surface area contributed by atoms with Crippen LogP contribution in [0, 0.1) is 6.92 Å². The summed E-state index contributed by atoms with van der Waals surface area (Å²) in [5, 5.41) is 1.23. The van der Waals surface area contributed by atoms with Crippen LogP contribution in [-0.4, -0.2) is 17.7 Å². The minimum atomic E-state index is 0.167. The van der Waals surface area contributed by atoms with Gasteiger partial charge in [-0.15, -0.1) is 11.3 Å². The Hall–Kier alpha value is -2.75. The summed E-state index contributed by atoms with van der Waals surface area (Å²) < 4.78 is 1.28. The molecule has 0 saturated carbocycles. The number of hydrogen-bond acceptors (Lipinski definition) is 3. The second-order valence-electron chi connectivity index (χ2n) is 7.68. The van der Waals surface area contributed by atoms with Gasteiger partial charge < -0.3 is 0 Å². The molecule has 0 saturated heterocycles. The quantitative estimate of drug-likeness (QED) is 0.342. The number of fused-ring (bicyclic) bond motifs is 1. The average molecular weight is 400 g/mol. The molecule has 1 heterocycles. The first-order valence-corrected chi connectivity index (χ1v) is 10.7. The molecule has 0 N–H and O–H groups in total. The fourth-order valence-corrected chi connectivity index (χ4v) is 4.59. The van der Waals surface area contributed by atoms with Crippen molar-refractivity contribution >= 4 is 27.2 Å². The highest BCUT2D eigenvalue weighted by molar-refractivity contribution is 7.19. The number of hydrogen-bond donors (Lipinski definition) is 0. The van der Waals surface area contributed by atoms with Gasteiger partial charge in [0.25, 0.3) is 0 Å². The first kappa shape index (κ1) is 19.6. The molecular formula is C26H25NOS. The van der Waals surface area contributed by atoms with Crippen molar-refractivity contribution in [3.63, 3.8) is 0 Å². The van der Waals surface area contributed by atoms with E-state index in [0.717, 1.165) is 24.2 Å². The molecule has 0 radical (unpaired) electrons. The largest absolute Gasteiger partial charge is 0.298 e. The van der Waals surface area contributed by atoms with Gasteiger partial charge in [-0.1, -0.05) is 60.7 Å². The minimum Gasteiger partial charge on any atom is -0.298 e. The molecule has 0 spiro atoms. The summed E-state index contributed by atoms with van der Waals surface area (Å²) in [7, 11) is 2.12. The van der Waals surface area contributed by atoms with Gasteiger partial charge >= 0.3 is 0 Å². The van der Waals surface area contributed by atoms with Crippen LogP contribution in [0.4, 0.5) is 0 Å². The van der Waals surface area contributed by atoms with E-state index in [2.05, 4.69) is 79.5 Å². The molecule has 0 unspecified atom stereocenters. The van der Waals surface area contributed by atoms with Crippen molar-refractivity contribution in [2.45, 2.75) is 26.4 Å². The van der Waals surface area contributed by atoms with Crippen LogP contribution >= 0.6 is 11.3 Å². The van der Waals surface area contributed by atoms with E-state index in [-0.39, 0.29) is 5.78 Å². The molecule has 2 nitrogen and oxygen atoms in total. The van der Waals surface area contributed by atoms with Crippen molar-refractivity contribution in [2.24, 2.45) is 0 Å². The monoisotopic (exact) mass is 399 g/mol. The number of aryl methyl sites for hydroxylation is 1. The lowest BCUT2D eigenvalue weighted by Gasteiger charge is -2.17. The van der Waals surface area contributed by atoms with E-state index in [9.17, 15) is 4.79 Å². The summed E-state index contributed by atoms with van der Waals surface area (Å²) in [4.78, 5) is 16.3.